The zero-order chi connectivity index (χ0) is 13.0. The van der Waals surface area contributed by atoms with Gasteiger partial charge in [-0.2, -0.15) is 0 Å². The van der Waals surface area contributed by atoms with Crippen molar-refractivity contribution in [2.75, 3.05) is 0 Å². The van der Waals surface area contributed by atoms with E-state index in [2.05, 4.69) is 32.0 Å². The van der Waals surface area contributed by atoms with Crippen LogP contribution in [0.25, 0.3) is 0 Å². The van der Waals surface area contributed by atoms with E-state index < -0.39 is 0 Å². The van der Waals surface area contributed by atoms with Crippen molar-refractivity contribution in [2.24, 2.45) is 23.2 Å². The summed E-state index contributed by atoms with van der Waals surface area (Å²) >= 11 is 0. The van der Waals surface area contributed by atoms with Crippen molar-refractivity contribution in [1.29, 1.82) is 0 Å². The molecule has 0 aliphatic heterocycles. The first-order chi connectivity index (χ1) is 8.42. The van der Waals surface area contributed by atoms with Crippen LogP contribution in [0.3, 0.4) is 0 Å². The Morgan fingerprint density at radius 2 is 1.56 bits per heavy atom. The molecule has 4 saturated carbocycles. The van der Waals surface area contributed by atoms with E-state index in [9.17, 15) is 0 Å². The summed E-state index contributed by atoms with van der Waals surface area (Å²) in [6.07, 6.45) is 14.5. The second-order valence-electron chi connectivity index (χ2n) is 7.92. The Labute approximate surface area is 112 Å². The van der Waals surface area contributed by atoms with Crippen molar-refractivity contribution in [2.45, 2.75) is 70.9 Å². The lowest BCUT2D eigenvalue weighted by molar-refractivity contribution is -0.0730. The minimum Gasteiger partial charge on any atom is -0.299 e. The summed E-state index contributed by atoms with van der Waals surface area (Å²) in [6.45, 7) is 6.64. The molecule has 4 fully saturated rings. The third kappa shape index (κ3) is 1.99. The molecule has 0 spiro atoms. The summed E-state index contributed by atoms with van der Waals surface area (Å²) in [4.78, 5) is 0. The van der Waals surface area contributed by atoms with E-state index in [0.29, 0.717) is 11.5 Å². The average molecular weight is 245 g/mol. The number of hydrogen-bond acceptors (Lipinski definition) is 1. The van der Waals surface area contributed by atoms with Gasteiger partial charge in [0.15, 0.2) is 0 Å². The largest absolute Gasteiger partial charge is 0.299 e. The van der Waals surface area contributed by atoms with Gasteiger partial charge in [-0.3, -0.25) is 5.32 Å². The van der Waals surface area contributed by atoms with Crippen LogP contribution in [0.5, 0.6) is 0 Å². The zero-order valence-electron chi connectivity index (χ0n) is 12.1. The number of rotatable bonds is 3. The highest BCUT2D eigenvalue weighted by Crippen LogP contribution is 2.61. The summed E-state index contributed by atoms with van der Waals surface area (Å²) in [5, 5.41) is 3.73. The van der Waals surface area contributed by atoms with E-state index in [0.717, 1.165) is 17.8 Å². The highest BCUT2D eigenvalue weighted by atomic mass is 15.0. The zero-order valence-corrected chi connectivity index (χ0v) is 12.1. The van der Waals surface area contributed by atoms with Crippen molar-refractivity contribution in [3.05, 3.63) is 0 Å². The molecule has 18 heavy (non-hydrogen) atoms. The van der Waals surface area contributed by atoms with Gasteiger partial charge < -0.3 is 0 Å². The van der Waals surface area contributed by atoms with E-state index in [1.54, 1.807) is 0 Å². The molecule has 0 heterocycles. The monoisotopic (exact) mass is 245 g/mol. The van der Waals surface area contributed by atoms with Crippen molar-refractivity contribution in [3.63, 3.8) is 0 Å². The Bertz CT molecular complexity index is 338. The maximum absolute atomic E-state index is 5.63. The fraction of sp³-hybridized carbons (Fsp3) is 0.882. The highest BCUT2D eigenvalue weighted by molar-refractivity contribution is 5.12. The quantitative estimate of drug-likeness (QED) is 0.749. The second-order valence-corrected chi connectivity index (χ2v) is 7.92. The van der Waals surface area contributed by atoms with Crippen LogP contribution in [-0.2, 0) is 0 Å². The van der Waals surface area contributed by atoms with Gasteiger partial charge in [-0.25, -0.2) is 0 Å². The Kier molecular flexibility index (Phi) is 2.79. The fourth-order valence-electron chi connectivity index (χ4n) is 5.44. The molecule has 4 rings (SSSR count). The normalized spacial score (nSPS) is 43.8. The molecular formula is C17H27N. The molecule has 0 aromatic heterocycles. The standard InChI is InChI=1S/C17H27N/c1-5-16(3,4)18-12(2)17-9-13-6-14(10-17)8-15(7-13)11-17/h1,12-15,18H,6-11H2,2-4H3. The van der Waals surface area contributed by atoms with Crippen LogP contribution >= 0.6 is 0 Å². The lowest BCUT2D eigenvalue weighted by atomic mass is 9.48. The summed E-state index contributed by atoms with van der Waals surface area (Å²) in [5.74, 6) is 5.96. The van der Waals surface area contributed by atoms with Gasteiger partial charge in [0, 0.05) is 6.04 Å². The Hall–Kier alpha value is -0.480. The highest BCUT2D eigenvalue weighted by Gasteiger charge is 2.53. The SMILES string of the molecule is C#CC(C)(C)NC(C)C12CC3CC(CC(C3)C1)C2. The van der Waals surface area contributed by atoms with Gasteiger partial charge in [0.1, 0.15) is 0 Å². The molecule has 1 nitrogen and oxygen atoms in total. The molecule has 1 heteroatoms. The van der Waals surface area contributed by atoms with Gasteiger partial charge in [-0.15, -0.1) is 6.42 Å². The van der Waals surface area contributed by atoms with E-state index in [-0.39, 0.29) is 5.54 Å². The molecule has 0 aromatic carbocycles. The van der Waals surface area contributed by atoms with E-state index in [4.69, 9.17) is 6.42 Å². The van der Waals surface area contributed by atoms with Crippen LogP contribution < -0.4 is 5.32 Å². The molecular weight excluding hydrogens is 218 g/mol. The van der Waals surface area contributed by atoms with Crippen LogP contribution in [-0.4, -0.2) is 11.6 Å². The third-order valence-electron chi connectivity index (χ3n) is 5.94. The molecule has 1 unspecified atom stereocenters. The van der Waals surface area contributed by atoms with Gasteiger partial charge in [0.2, 0.25) is 0 Å². The topological polar surface area (TPSA) is 12.0 Å². The minimum atomic E-state index is -0.164. The van der Waals surface area contributed by atoms with E-state index in [1.807, 2.05) is 0 Å². The van der Waals surface area contributed by atoms with Gasteiger partial charge in [0.25, 0.3) is 0 Å². The van der Waals surface area contributed by atoms with Crippen LogP contribution in [0, 0.1) is 35.5 Å². The lowest BCUT2D eigenvalue weighted by Gasteiger charge is -2.59. The summed E-state index contributed by atoms with van der Waals surface area (Å²) in [5.41, 5.74) is 0.394. The van der Waals surface area contributed by atoms with Crippen LogP contribution in [0.2, 0.25) is 0 Å². The smallest absolute Gasteiger partial charge is 0.0743 e. The number of hydrogen-bond donors (Lipinski definition) is 1. The van der Waals surface area contributed by atoms with Crippen LogP contribution in [0.1, 0.15) is 59.3 Å². The van der Waals surface area contributed by atoms with Gasteiger partial charge in [-0.05, 0) is 82.5 Å². The molecule has 0 saturated heterocycles. The molecule has 0 radical (unpaired) electrons. The van der Waals surface area contributed by atoms with Crippen molar-refractivity contribution in [3.8, 4) is 12.3 Å². The first kappa shape index (κ1) is 12.5. The Balaban J connectivity index is 1.77. The Morgan fingerprint density at radius 3 is 1.94 bits per heavy atom. The van der Waals surface area contributed by atoms with E-state index in [1.165, 1.54) is 38.5 Å². The summed E-state index contributed by atoms with van der Waals surface area (Å²) in [7, 11) is 0. The molecule has 1 N–H and O–H groups in total. The second kappa shape index (κ2) is 4.01. The van der Waals surface area contributed by atoms with Crippen molar-refractivity contribution < 1.29 is 0 Å². The maximum Gasteiger partial charge on any atom is 0.0743 e. The fourth-order valence-corrected chi connectivity index (χ4v) is 5.44. The number of terminal acetylenes is 1. The van der Waals surface area contributed by atoms with Gasteiger partial charge >= 0.3 is 0 Å². The van der Waals surface area contributed by atoms with Gasteiger partial charge in [-0.1, -0.05) is 5.92 Å². The predicted octanol–water partition coefficient (Wildman–Crippen LogP) is 3.59. The average Bonchev–Trinajstić information content (AvgIpc) is 2.26. The molecule has 0 aromatic rings. The van der Waals surface area contributed by atoms with Crippen molar-refractivity contribution >= 4 is 0 Å². The number of nitrogens with one attached hydrogen (secondary N) is 1. The molecule has 4 aliphatic rings. The summed E-state index contributed by atoms with van der Waals surface area (Å²) < 4.78 is 0. The first-order valence-corrected chi connectivity index (χ1v) is 7.68. The van der Waals surface area contributed by atoms with Crippen LogP contribution in [0.15, 0.2) is 0 Å². The van der Waals surface area contributed by atoms with Crippen molar-refractivity contribution in [1.82, 2.24) is 5.32 Å². The predicted molar refractivity (Wildman–Crippen MR) is 76.1 cm³/mol. The minimum absolute atomic E-state index is 0.164. The first-order valence-electron chi connectivity index (χ1n) is 7.68. The van der Waals surface area contributed by atoms with E-state index >= 15 is 0 Å². The Morgan fingerprint density at radius 1 is 1.11 bits per heavy atom. The molecule has 4 bridgehead atoms. The molecule has 100 valence electrons. The molecule has 1 atom stereocenters. The lowest BCUT2D eigenvalue weighted by Crippen LogP contribution is -2.58. The maximum atomic E-state index is 5.63. The van der Waals surface area contributed by atoms with Crippen LogP contribution in [0.4, 0.5) is 0 Å². The molecule has 4 aliphatic carbocycles. The van der Waals surface area contributed by atoms with Gasteiger partial charge in [0.05, 0.1) is 5.54 Å². The third-order valence-corrected chi connectivity index (χ3v) is 5.94. The molecule has 0 amide bonds. The summed E-state index contributed by atoms with van der Waals surface area (Å²) in [6, 6.07) is 0.567.